The number of benzene rings is 2. The van der Waals surface area contributed by atoms with Crippen LogP contribution in [-0.2, 0) is 0 Å². The molecule has 0 radical (unpaired) electrons. The Kier molecular flexibility index (Phi) is 9.52. The maximum atomic E-state index is 6.08. The molecule has 0 saturated heterocycles. The molecule has 2 aromatic rings. The fourth-order valence-corrected chi connectivity index (χ4v) is 1.90. The SMILES string of the molecule is CCC(Oc1ccccc1C)c1ccccc1.CN.Cl. The summed E-state index contributed by atoms with van der Waals surface area (Å²) in [5, 5.41) is 0. The highest BCUT2D eigenvalue weighted by molar-refractivity contribution is 5.85. The Labute approximate surface area is 128 Å². The Bertz CT molecular complexity index is 473. The lowest BCUT2D eigenvalue weighted by atomic mass is 10.1. The maximum Gasteiger partial charge on any atom is 0.123 e. The lowest BCUT2D eigenvalue weighted by Crippen LogP contribution is -2.06. The predicted molar refractivity (Wildman–Crippen MR) is 88.6 cm³/mol. The summed E-state index contributed by atoms with van der Waals surface area (Å²) in [6.45, 7) is 4.23. The summed E-state index contributed by atoms with van der Waals surface area (Å²) < 4.78 is 6.08. The van der Waals surface area contributed by atoms with Crippen molar-refractivity contribution in [2.24, 2.45) is 5.73 Å². The van der Waals surface area contributed by atoms with Gasteiger partial charge in [0.05, 0.1) is 0 Å². The second kappa shape index (κ2) is 10.3. The molecule has 20 heavy (non-hydrogen) atoms. The zero-order chi connectivity index (χ0) is 14.1. The van der Waals surface area contributed by atoms with E-state index < -0.39 is 0 Å². The maximum absolute atomic E-state index is 6.08. The number of nitrogens with two attached hydrogens (primary N) is 1. The van der Waals surface area contributed by atoms with Crippen LogP contribution >= 0.6 is 12.4 Å². The predicted octanol–water partition coefficient (Wildman–Crippen LogP) is 4.52. The Balaban J connectivity index is 0.00000115. The molecule has 3 heteroatoms. The van der Waals surface area contributed by atoms with Crippen LogP contribution in [0.15, 0.2) is 54.6 Å². The van der Waals surface area contributed by atoms with Crippen LogP contribution in [0.3, 0.4) is 0 Å². The van der Waals surface area contributed by atoms with Crippen molar-refractivity contribution in [1.82, 2.24) is 0 Å². The first-order valence-electron chi connectivity index (χ1n) is 6.66. The summed E-state index contributed by atoms with van der Waals surface area (Å²) in [6.07, 6.45) is 1.11. The lowest BCUT2D eigenvalue weighted by molar-refractivity contribution is 0.200. The summed E-state index contributed by atoms with van der Waals surface area (Å²) in [5.41, 5.74) is 6.92. The average molecular weight is 294 g/mol. The van der Waals surface area contributed by atoms with Gasteiger partial charge in [0.25, 0.3) is 0 Å². The van der Waals surface area contributed by atoms with Crippen LogP contribution in [0.1, 0.15) is 30.6 Å². The molecule has 0 aliphatic heterocycles. The Morgan fingerprint density at radius 1 is 0.950 bits per heavy atom. The molecule has 0 amide bonds. The third kappa shape index (κ3) is 5.24. The zero-order valence-electron chi connectivity index (χ0n) is 12.4. The highest BCUT2D eigenvalue weighted by atomic mass is 35.5. The van der Waals surface area contributed by atoms with Gasteiger partial charge in [-0.05, 0) is 37.6 Å². The van der Waals surface area contributed by atoms with E-state index in [1.165, 1.54) is 18.2 Å². The van der Waals surface area contributed by atoms with Crippen molar-refractivity contribution < 1.29 is 4.74 Å². The molecule has 2 aromatic carbocycles. The van der Waals surface area contributed by atoms with Crippen LogP contribution in [0.4, 0.5) is 0 Å². The molecular weight excluding hydrogens is 270 g/mol. The van der Waals surface area contributed by atoms with Crippen LogP contribution in [0.5, 0.6) is 5.75 Å². The molecule has 1 unspecified atom stereocenters. The van der Waals surface area contributed by atoms with E-state index in [-0.39, 0.29) is 18.5 Å². The fourth-order valence-electron chi connectivity index (χ4n) is 1.90. The summed E-state index contributed by atoms with van der Waals surface area (Å²) in [5.74, 6) is 0.975. The summed E-state index contributed by atoms with van der Waals surface area (Å²) in [6, 6.07) is 18.5. The van der Waals surface area contributed by atoms with Crippen molar-refractivity contribution in [2.45, 2.75) is 26.4 Å². The molecule has 0 bridgehead atoms. The number of hydrogen-bond donors (Lipinski definition) is 1. The summed E-state index contributed by atoms with van der Waals surface area (Å²) >= 11 is 0. The minimum Gasteiger partial charge on any atom is -0.485 e. The van der Waals surface area contributed by atoms with Crippen LogP contribution in [0, 0.1) is 6.92 Å². The average Bonchev–Trinajstić information content (AvgIpc) is 2.49. The van der Waals surface area contributed by atoms with Crippen molar-refractivity contribution in [3.8, 4) is 5.75 Å². The van der Waals surface area contributed by atoms with Gasteiger partial charge in [-0.2, -0.15) is 0 Å². The smallest absolute Gasteiger partial charge is 0.123 e. The molecule has 2 rings (SSSR count). The molecule has 0 heterocycles. The number of halogens is 1. The van der Waals surface area contributed by atoms with Gasteiger partial charge in [-0.1, -0.05) is 55.5 Å². The van der Waals surface area contributed by atoms with E-state index in [0.717, 1.165) is 12.2 Å². The van der Waals surface area contributed by atoms with E-state index >= 15 is 0 Å². The molecule has 2 nitrogen and oxygen atoms in total. The van der Waals surface area contributed by atoms with Crippen molar-refractivity contribution in [3.63, 3.8) is 0 Å². The first-order chi connectivity index (χ1) is 9.31. The first-order valence-corrected chi connectivity index (χ1v) is 6.66. The molecule has 2 N–H and O–H groups in total. The van der Waals surface area contributed by atoms with Gasteiger partial charge >= 0.3 is 0 Å². The van der Waals surface area contributed by atoms with E-state index in [4.69, 9.17) is 4.74 Å². The topological polar surface area (TPSA) is 35.2 Å². The van der Waals surface area contributed by atoms with Gasteiger partial charge in [0.1, 0.15) is 11.9 Å². The largest absolute Gasteiger partial charge is 0.485 e. The molecule has 0 spiro atoms. The second-order valence-corrected chi connectivity index (χ2v) is 4.19. The zero-order valence-corrected chi connectivity index (χ0v) is 13.2. The lowest BCUT2D eigenvalue weighted by Gasteiger charge is -2.19. The van der Waals surface area contributed by atoms with Gasteiger partial charge in [0.2, 0.25) is 0 Å². The summed E-state index contributed by atoms with van der Waals surface area (Å²) in [4.78, 5) is 0. The van der Waals surface area contributed by atoms with E-state index in [2.05, 4.69) is 49.9 Å². The van der Waals surface area contributed by atoms with Crippen LogP contribution < -0.4 is 10.5 Å². The number of hydrogen-bond acceptors (Lipinski definition) is 2. The Hall–Kier alpha value is -1.51. The molecule has 0 saturated carbocycles. The van der Waals surface area contributed by atoms with Gasteiger partial charge in [0.15, 0.2) is 0 Å². The van der Waals surface area contributed by atoms with Gasteiger partial charge in [-0.3, -0.25) is 0 Å². The minimum absolute atomic E-state index is 0. The van der Waals surface area contributed by atoms with E-state index in [0.29, 0.717) is 0 Å². The third-order valence-electron chi connectivity index (χ3n) is 2.90. The molecular formula is C17H24ClNO. The van der Waals surface area contributed by atoms with Crippen LogP contribution in [-0.4, -0.2) is 7.05 Å². The van der Waals surface area contributed by atoms with E-state index in [9.17, 15) is 0 Å². The minimum atomic E-state index is 0. The Morgan fingerprint density at radius 3 is 2.05 bits per heavy atom. The molecule has 0 aromatic heterocycles. The van der Waals surface area contributed by atoms with Crippen molar-refractivity contribution in [2.75, 3.05) is 7.05 Å². The number of ether oxygens (including phenoxy) is 1. The van der Waals surface area contributed by atoms with Gasteiger partial charge in [0, 0.05) is 0 Å². The highest BCUT2D eigenvalue weighted by Crippen LogP contribution is 2.26. The van der Waals surface area contributed by atoms with Gasteiger partial charge in [-0.25, -0.2) is 0 Å². The molecule has 0 aliphatic rings. The standard InChI is InChI=1S/C16H18O.CH5N.ClH/c1-3-15(14-10-5-4-6-11-14)17-16-12-8-7-9-13(16)2;1-2;/h4-12,15H,3H2,1-2H3;2H2,1H3;1H. The quantitative estimate of drug-likeness (QED) is 0.899. The molecule has 0 aliphatic carbocycles. The second-order valence-electron chi connectivity index (χ2n) is 4.19. The molecule has 1 atom stereocenters. The fraction of sp³-hybridized carbons (Fsp3) is 0.294. The normalized spacial score (nSPS) is 10.6. The Morgan fingerprint density at radius 2 is 1.50 bits per heavy atom. The monoisotopic (exact) mass is 293 g/mol. The van der Waals surface area contributed by atoms with E-state index in [1.54, 1.807) is 0 Å². The highest BCUT2D eigenvalue weighted by Gasteiger charge is 2.11. The molecule has 0 fully saturated rings. The van der Waals surface area contributed by atoms with Crippen LogP contribution in [0.2, 0.25) is 0 Å². The van der Waals surface area contributed by atoms with Gasteiger partial charge < -0.3 is 10.5 Å². The summed E-state index contributed by atoms with van der Waals surface area (Å²) in [7, 11) is 1.50. The number of aryl methyl sites for hydroxylation is 1. The third-order valence-corrected chi connectivity index (χ3v) is 2.90. The van der Waals surface area contributed by atoms with Gasteiger partial charge in [-0.15, -0.1) is 12.4 Å². The van der Waals surface area contributed by atoms with Crippen LogP contribution in [0.25, 0.3) is 0 Å². The first kappa shape index (κ1) is 18.5. The van der Waals surface area contributed by atoms with Crippen molar-refractivity contribution in [1.29, 1.82) is 0 Å². The van der Waals surface area contributed by atoms with E-state index in [1.807, 2.05) is 24.3 Å². The number of rotatable bonds is 4. The number of para-hydroxylation sites is 1. The van der Waals surface area contributed by atoms with Crippen molar-refractivity contribution >= 4 is 12.4 Å². The molecule has 110 valence electrons. The van der Waals surface area contributed by atoms with Crippen molar-refractivity contribution in [3.05, 3.63) is 65.7 Å².